The quantitative estimate of drug-likeness (QED) is 0.208. The number of nitrogens with one attached hydrogen (secondary N) is 1. The Hall–Kier alpha value is -5.30. The topological polar surface area (TPSA) is 99.6 Å². The molecule has 0 unspecified atom stereocenters. The average Bonchev–Trinajstić information content (AvgIpc) is 3.03. The molecular formula is C35H31N3O4. The number of amides is 2. The maximum absolute atomic E-state index is 13.9. The van der Waals surface area contributed by atoms with E-state index in [4.69, 9.17) is 0 Å². The Labute approximate surface area is 244 Å². The fourth-order valence-electron chi connectivity index (χ4n) is 5.06. The van der Waals surface area contributed by atoms with Gasteiger partial charge >= 0.3 is 5.97 Å². The predicted octanol–water partition coefficient (Wildman–Crippen LogP) is 5.99. The summed E-state index contributed by atoms with van der Waals surface area (Å²) in [5.74, 6) is -1.52. The van der Waals surface area contributed by atoms with E-state index in [1.165, 1.54) is 0 Å². The molecule has 0 aliphatic rings. The summed E-state index contributed by atoms with van der Waals surface area (Å²) in [6, 6.07) is 32.2. The van der Waals surface area contributed by atoms with Crippen LogP contribution in [0.2, 0.25) is 0 Å². The Morgan fingerprint density at radius 3 is 2.19 bits per heavy atom. The fourth-order valence-corrected chi connectivity index (χ4v) is 5.06. The number of aliphatic carboxylic acids is 1. The number of hydrogen-bond donors (Lipinski definition) is 2. The van der Waals surface area contributed by atoms with E-state index in [9.17, 15) is 19.5 Å². The maximum Gasteiger partial charge on any atom is 0.305 e. The van der Waals surface area contributed by atoms with E-state index in [-0.39, 0.29) is 24.8 Å². The van der Waals surface area contributed by atoms with Crippen LogP contribution < -0.4 is 5.32 Å². The van der Waals surface area contributed by atoms with Gasteiger partial charge in [0.05, 0.1) is 6.42 Å². The lowest BCUT2D eigenvalue weighted by atomic mass is 9.94. The van der Waals surface area contributed by atoms with E-state index in [1.54, 1.807) is 41.6 Å². The highest BCUT2D eigenvalue weighted by molar-refractivity contribution is 6.06. The van der Waals surface area contributed by atoms with Crippen LogP contribution in [0.4, 0.5) is 0 Å². The summed E-state index contributed by atoms with van der Waals surface area (Å²) in [5, 5.41) is 14.6. The number of benzene rings is 4. The van der Waals surface area contributed by atoms with Crippen molar-refractivity contribution in [3.8, 4) is 11.1 Å². The molecule has 1 aromatic heterocycles. The third-order valence-electron chi connectivity index (χ3n) is 7.21. The Kier molecular flexibility index (Phi) is 8.99. The molecule has 0 atom stereocenters. The lowest BCUT2D eigenvalue weighted by Crippen LogP contribution is -2.35. The maximum atomic E-state index is 13.9. The van der Waals surface area contributed by atoms with Crippen molar-refractivity contribution in [3.63, 3.8) is 0 Å². The molecule has 0 spiro atoms. The lowest BCUT2D eigenvalue weighted by Gasteiger charge is -2.24. The zero-order valence-corrected chi connectivity index (χ0v) is 23.1. The highest BCUT2D eigenvalue weighted by Crippen LogP contribution is 2.29. The SMILES string of the molecule is O=C(O)CCN(CCc1cccnc1)C(=O)c1ccccc1-c1ccccc1C(=O)NCc1cccc2ccccc12. The van der Waals surface area contributed by atoms with Crippen molar-refractivity contribution in [2.45, 2.75) is 19.4 Å². The molecule has 0 aliphatic carbocycles. The monoisotopic (exact) mass is 557 g/mol. The van der Waals surface area contributed by atoms with Gasteiger partial charge in [-0.25, -0.2) is 0 Å². The molecule has 0 radical (unpaired) electrons. The summed E-state index contributed by atoms with van der Waals surface area (Å²) in [6.45, 7) is 0.752. The molecule has 5 aromatic rings. The van der Waals surface area contributed by atoms with Gasteiger partial charge in [0.15, 0.2) is 0 Å². The number of nitrogens with zero attached hydrogens (tertiary/aromatic N) is 2. The van der Waals surface area contributed by atoms with E-state index in [1.807, 2.05) is 78.9 Å². The van der Waals surface area contributed by atoms with Gasteiger partial charge in [-0.2, -0.15) is 0 Å². The molecule has 2 amide bonds. The number of carboxylic acids is 1. The number of pyridine rings is 1. The second kappa shape index (κ2) is 13.4. The van der Waals surface area contributed by atoms with Crippen LogP contribution in [0.5, 0.6) is 0 Å². The molecule has 0 aliphatic heterocycles. The minimum atomic E-state index is -0.976. The zero-order valence-electron chi connectivity index (χ0n) is 23.1. The van der Waals surface area contributed by atoms with Gasteiger partial charge in [0.2, 0.25) is 0 Å². The van der Waals surface area contributed by atoms with Gasteiger partial charge in [0, 0.05) is 43.2 Å². The smallest absolute Gasteiger partial charge is 0.305 e. The molecule has 0 saturated heterocycles. The Bertz CT molecular complexity index is 1710. The molecule has 0 saturated carbocycles. The fraction of sp³-hybridized carbons (Fsp3) is 0.143. The first-order chi connectivity index (χ1) is 20.5. The Morgan fingerprint density at radius 2 is 1.43 bits per heavy atom. The van der Waals surface area contributed by atoms with E-state index < -0.39 is 5.97 Å². The van der Waals surface area contributed by atoms with Crippen molar-refractivity contribution in [1.82, 2.24) is 15.2 Å². The first-order valence-corrected chi connectivity index (χ1v) is 13.8. The number of carbonyl (C=O) groups excluding carboxylic acids is 2. The molecule has 2 N–H and O–H groups in total. The lowest BCUT2D eigenvalue weighted by molar-refractivity contribution is -0.137. The molecule has 4 aromatic carbocycles. The Morgan fingerprint density at radius 1 is 0.738 bits per heavy atom. The van der Waals surface area contributed by atoms with Crippen LogP contribution in [0.3, 0.4) is 0 Å². The predicted molar refractivity (Wildman–Crippen MR) is 163 cm³/mol. The van der Waals surface area contributed by atoms with Crippen molar-refractivity contribution in [3.05, 3.63) is 138 Å². The molecule has 210 valence electrons. The van der Waals surface area contributed by atoms with E-state index in [0.717, 1.165) is 21.9 Å². The zero-order chi connectivity index (χ0) is 29.3. The minimum Gasteiger partial charge on any atom is -0.481 e. The number of aromatic nitrogens is 1. The van der Waals surface area contributed by atoms with Crippen LogP contribution in [0.15, 0.2) is 116 Å². The Balaban J connectivity index is 1.41. The second-order valence-electron chi connectivity index (χ2n) is 9.96. The molecule has 42 heavy (non-hydrogen) atoms. The van der Waals surface area contributed by atoms with Crippen LogP contribution in [0.25, 0.3) is 21.9 Å². The van der Waals surface area contributed by atoms with Crippen molar-refractivity contribution < 1.29 is 19.5 Å². The van der Waals surface area contributed by atoms with Gasteiger partial charge in [-0.15, -0.1) is 0 Å². The average molecular weight is 558 g/mol. The second-order valence-corrected chi connectivity index (χ2v) is 9.96. The van der Waals surface area contributed by atoms with E-state index >= 15 is 0 Å². The van der Waals surface area contributed by atoms with Crippen LogP contribution >= 0.6 is 0 Å². The van der Waals surface area contributed by atoms with Crippen LogP contribution in [-0.2, 0) is 17.8 Å². The molecule has 5 rings (SSSR count). The van der Waals surface area contributed by atoms with Gasteiger partial charge in [-0.3, -0.25) is 19.4 Å². The summed E-state index contributed by atoms with van der Waals surface area (Å²) >= 11 is 0. The first-order valence-electron chi connectivity index (χ1n) is 13.8. The summed E-state index contributed by atoms with van der Waals surface area (Å²) < 4.78 is 0. The highest BCUT2D eigenvalue weighted by Gasteiger charge is 2.22. The van der Waals surface area contributed by atoms with E-state index in [2.05, 4.69) is 10.3 Å². The third kappa shape index (κ3) is 6.70. The summed E-state index contributed by atoms with van der Waals surface area (Å²) in [7, 11) is 0. The third-order valence-corrected chi connectivity index (χ3v) is 7.21. The number of carboxylic acid groups (broad SMARTS) is 1. The molecule has 0 bridgehead atoms. The highest BCUT2D eigenvalue weighted by atomic mass is 16.4. The molecule has 0 fully saturated rings. The summed E-state index contributed by atoms with van der Waals surface area (Å²) in [4.78, 5) is 44.5. The number of hydrogen-bond acceptors (Lipinski definition) is 4. The molecular weight excluding hydrogens is 526 g/mol. The summed E-state index contributed by atoms with van der Waals surface area (Å²) in [6.07, 6.45) is 3.78. The standard InChI is InChI=1S/C35H31N3O4/c39-33(40)19-22-38(21-18-25-9-8-20-36-23-25)35(42)32-17-6-4-15-30(32)29-14-3-5-16-31(29)34(41)37-24-27-12-7-11-26-10-1-2-13-28(26)27/h1-17,20,23H,18-19,21-22,24H2,(H,37,41)(H,39,40). The van der Waals surface area contributed by atoms with Crippen LogP contribution in [0, 0.1) is 0 Å². The van der Waals surface area contributed by atoms with Gasteiger partial charge < -0.3 is 15.3 Å². The largest absolute Gasteiger partial charge is 0.481 e. The molecule has 7 heteroatoms. The molecule has 1 heterocycles. The van der Waals surface area contributed by atoms with Gasteiger partial charge in [0.1, 0.15) is 0 Å². The van der Waals surface area contributed by atoms with E-state index in [0.29, 0.717) is 41.8 Å². The normalized spacial score (nSPS) is 10.8. The molecule has 7 nitrogen and oxygen atoms in total. The number of rotatable bonds is 11. The van der Waals surface area contributed by atoms with Gasteiger partial charge in [-0.05, 0) is 57.6 Å². The van der Waals surface area contributed by atoms with Crippen molar-refractivity contribution in [2.75, 3.05) is 13.1 Å². The number of carbonyl (C=O) groups is 3. The van der Waals surface area contributed by atoms with Gasteiger partial charge in [0.25, 0.3) is 11.8 Å². The number of fused-ring (bicyclic) bond motifs is 1. The van der Waals surface area contributed by atoms with Gasteiger partial charge in [-0.1, -0.05) is 84.9 Å². The van der Waals surface area contributed by atoms with Crippen molar-refractivity contribution >= 4 is 28.6 Å². The van der Waals surface area contributed by atoms with Crippen molar-refractivity contribution in [1.29, 1.82) is 0 Å². The first kappa shape index (κ1) is 28.2. The minimum absolute atomic E-state index is 0.0654. The summed E-state index contributed by atoms with van der Waals surface area (Å²) in [5.41, 5.74) is 4.06. The van der Waals surface area contributed by atoms with Crippen LogP contribution in [-0.4, -0.2) is 45.9 Å². The van der Waals surface area contributed by atoms with Crippen LogP contribution in [0.1, 0.15) is 38.3 Å². The van der Waals surface area contributed by atoms with Crippen molar-refractivity contribution in [2.24, 2.45) is 0 Å².